The fourth-order valence-electron chi connectivity index (χ4n) is 0. The Kier molecular flexibility index (Phi) is 7.03. The van der Waals surface area contributed by atoms with Gasteiger partial charge in [0.1, 0.15) is 0 Å². The number of carboxylic acids is 1. The molecule has 0 saturated carbocycles. The first kappa shape index (κ1) is 10.5. The van der Waals surface area contributed by atoms with Crippen LogP contribution in [0.4, 0.5) is 0 Å². The van der Waals surface area contributed by atoms with E-state index in [4.69, 9.17) is 5.11 Å². The Hall–Kier alpha value is 0.535. The first-order chi connectivity index (χ1) is 2.64. The van der Waals surface area contributed by atoms with E-state index in [1.165, 1.54) is 6.92 Å². The normalized spacial score (nSPS) is 6.43. The molecule has 42 valence electrons. The summed E-state index contributed by atoms with van der Waals surface area (Å²) < 4.78 is 0. The van der Waals surface area contributed by atoms with Crippen molar-refractivity contribution in [2.24, 2.45) is 0 Å². The van der Waals surface area contributed by atoms with E-state index >= 15 is 0 Å². The molecule has 0 radical (unpaired) electrons. The number of rotatable bonds is 1. The van der Waals surface area contributed by atoms with Gasteiger partial charge in [-0.25, -0.2) is 4.79 Å². The Morgan fingerprint density at radius 3 is 1.86 bits per heavy atom. The maximum absolute atomic E-state index is 9.60. The molecule has 0 bridgehead atoms. The molecule has 2 nitrogen and oxygen atoms in total. The molecule has 0 aromatic heterocycles. The van der Waals surface area contributed by atoms with Gasteiger partial charge in [-0.2, -0.15) is 0 Å². The van der Waals surface area contributed by atoms with Crippen LogP contribution in [-0.2, 0) is 4.79 Å². The third-order valence-corrected chi connectivity index (χ3v) is 0.365. The molecule has 0 heterocycles. The molecule has 0 amide bonds. The third kappa shape index (κ3) is 6.53. The summed E-state index contributed by atoms with van der Waals surface area (Å²) in [5.41, 5.74) is 0.176. The minimum absolute atomic E-state index is 0. The molecule has 0 aromatic rings. The SMILES string of the molecule is C=C(C)C(=O)O.[Gd]. The Bertz CT molecular complexity index is 75.7. The molecule has 0 aliphatic rings. The summed E-state index contributed by atoms with van der Waals surface area (Å²) in [6.45, 7) is 4.60. The first-order valence-corrected chi connectivity index (χ1v) is 1.53. The first-order valence-electron chi connectivity index (χ1n) is 1.53. The van der Waals surface area contributed by atoms with Gasteiger partial charge in [0, 0.05) is 45.5 Å². The summed E-state index contributed by atoms with van der Waals surface area (Å²) in [5, 5.41) is 7.89. The average Bonchev–Trinajstić information content (AvgIpc) is 1.36. The third-order valence-electron chi connectivity index (χ3n) is 0.365. The van der Waals surface area contributed by atoms with Crippen LogP contribution < -0.4 is 0 Å². The molecule has 0 rings (SSSR count). The molecule has 7 heavy (non-hydrogen) atoms. The van der Waals surface area contributed by atoms with Crippen LogP contribution in [0, 0.1) is 39.9 Å². The van der Waals surface area contributed by atoms with Gasteiger partial charge in [0.25, 0.3) is 0 Å². The van der Waals surface area contributed by atoms with Gasteiger partial charge in [-0.3, -0.25) is 0 Å². The molecule has 3 heteroatoms. The molecular weight excluding hydrogens is 237 g/mol. The van der Waals surface area contributed by atoms with Crippen LogP contribution in [-0.4, -0.2) is 11.1 Å². The second-order valence-electron chi connectivity index (χ2n) is 1.09. The summed E-state index contributed by atoms with van der Waals surface area (Å²) in [5.74, 6) is -0.935. The Balaban J connectivity index is 0. The van der Waals surface area contributed by atoms with Crippen LogP contribution in [0.5, 0.6) is 0 Å². The Labute approximate surface area is 74.3 Å². The van der Waals surface area contributed by atoms with Crippen LogP contribution in [0.1, 0.15) is 6.92 Å². The fraction of sp³-hybridized carbons (Fsp3) is 0.250. The van der Waals surface area contributed by atoms with Crippen LogP contribution in [0.2, 0.25) is 0 Å². The number of hydrogen-bond donors (Lipinski definition) is 1. The molecule has 0 aliphatic carbocycles. The Morgan fingerprint density at radius 2 is 1.86 bits per heavy atom. The second-order valence-corrected chi connectivity index (χ2v) is 1.09. The van der Waals surface area contributed by atoms with Gasteiger partial charge >= 0.3 is 5.97 Å². The van der Waals surface area contributed by atoms with E-state index in [0.29, 0.717) is 0 Å². The van der Waals surface area contributed by atoms with E-state index in [1.54, 1.807) is 0 Å². The summed E-state index contributed by atoms with van der Waals surface area (Å²) in [4.78, 5) is 9.60. The quantitative estimate of drug-likeness (QED) is 0.687. The predicted octanol–water partition coefficient (Wildman–Crippen LogP) is 0.647. The molecule has 0 fully saturated rings. The van der Waals surface area contributed by atoms with E-state index in [2.05, 4.69) is 6.58 Å². The van der Waals surface area contributed by atoms with Gasteiger partial charge in [-0.1, -0.05) is 6.58 Å². The minimum atomic E-state index is -0.935. The number of carboxylic acid groups (broad SMARTS) is 1. The number of hydrogen-bond acceptors (Lipinski definition) is 1. The van der Waals surface area contributed by atoms with E-state index in [0.717, 1.165) is 0 Å². The van der Waals surface area contributed by atoms with Crippen LogP contribution >= 0.6 is 0 Å². The van der Waals surface area contributed by atoms with E-state index in [-0.39, 0.29) is 45.5 Å². The van der Waals surface area contributed by atoms with Crippen LogP contribution in [0.25, 0.3) is 0 Å². The summed E-state index contributed by atoms with van der Waals surface area (Å²) in [6, 6.07) is 0. The van der Waals surface area contributed by atoms with E-state index in [1.807, 2.05) is 0 Å². The van der Waals surface area contributed by atoms with Crippen molar-refractivity contribution < 1.29 is 49.8 Å². The monoisotopic (exact) mass is 244 g/mol. The number of carbonyl (C=O) groups is 1. The van der Waals surface area contributed by atoms with Crippen molar-refractivity contribution >= 4 is 5.97 Å². The van der Waals surface area contributed by atoms with Crippen molar-refractivity contribution in [3.63, 3.8) is 0 Å². The largest absolute Gasteiger partial charge is 0.478 e. The van der Waals surface area contributed by atoms with E-state index < -0.39 is 5.97 Å². The predicted molar refractivity (Wildman–Crippen MR) is 22.4 cm³/mol. The van der Waals surface area contributed by atoms with Crippen LogP contribution in [0.15, 0.2) is 12.2 Å². The van der Waals surface area contributed by atoms with Gasteiger partial charge in [-0.15, -0.1) is 0 Å². The molecule has 1 N–H and O–H groups in total. The van der Waals surface area contributed by atoms with Crippen molar-refractivity contribution in [2.45, 2.75) is 6.92 Å². The number of aliphatic carboxylic acids is 1. The average molecular weight is 243 g/mol. The zero-order valence-electron chi connectivity index (χ0n) is 3.92. The topological polar surface area (TPSA) is 37.3 Å². The van der Waals surface area contributed by atoms with Crippen molar-refractivity contribution in [3.05, 3.63) is 12.2 Å². The molecule has 0 atom stereocenters. The second kappa shape index (κ2) is 4.69. The molecule has 0 spiro atoms. The van der Waals surface area contributed by atoms with Crippen LogP contribution in [0.3, 0.4) is 0 Å². The van der Waals surface area contributed by atoms with Crippen molar-refractivity contribution in [1.29, 1.82) is 0 Å². The van der Waals surface area contributed by atoms with Crippen molar-refractivity contribution in [3.8, 4) is 0 Å². The van der Waals surface area contributed by atoms with Crippen molar-refractivity contribution in [1.82, 2.24) is 0 Å². The van der Waals surface area contributed by atoms with Crippen molar-refractivity contribution in [2.75, 3.05) is 0 Å². The molecule has 0 saturated heterocycles. The summed E-state index contributed by atoms with van der Waals surface area (Å²) >= 11 is 0. The van der Waals surface area contributed by atoms with Gasteiger partial charge < -0.3 is 5.11 Å². The summed E-state index contributed by atoms with van der Waals surface area (Å²) in [7, 11) is 0. The van der Waals surface area contributed by atoms with E-state index in [9.17, 15) is 4.79 Å². The molecule has 0 unspecified atom stereocenters. The maximum atomic E-state index is 9.60. The molecular formula is C4H6GdO2. The zero-order chi connectivity index (χ0) is 5.15. The zero-order valence-corrected chi connectivity index (χ0v) is 6.18. The fourth-order valence-corrected chi connectivity index (χ4v) is 0. The molecule has 0 aromatic carbocycles. The van der Waals surface area contributed by atoms with Gasteiger partial charge in [-0.05, 0) is 6.92 Å². The van der Waals surface area contributed by atoms with Gasteiger partial charge in [0.05, 0.1) is 0 Å². The maximum Gasteiger partial charge on any atom is 0.330 e. The smallest absolute Gasteiger partial charge is 0.330 e. The minimum Gasteiger partial charge on any atom is -0.478 e. The van der Waals surface area contributed by atoms with Gasteiger partial charge in [0.2, 0.25) is 0 Å². The molecule has 0 aliphatic heterocycles. The summed E-state index contributed by atoms with van der Waals surface area (Å²) in [6.07, 6.45) is 0. The standard InChI is InChI=1S/C4H6O2.Gd/c1-3(2)4(5)6;/h1H2,2H3,(H,5,6);. The van der Waals surface area contributed by atoms with Gasteiger partial charge in [0.15, 0.2) is 0 Å². The Morgan fingerprint density at radius 1 is 1.71 bits per heavy atom.